The Bertz CT molecular complexity index is 436. The minimum absolute atomic E-state index is 0.00986. The molecule has 0 N–H and O–H groups in total. The molecule has 1 aromatic carbocycles. The molecule has 0 radical (unpaired) electrons. The number of halogens is 3. The van der Waals surface area contributed by atoms with Gasteiger partial charge in [0.15, 0.2) is 5.78 Å². The summed E-state index contributed by atoms with van der Waals surface area (Å²) in [6.07, 6.45) is -4.40. The minimum atomic E-state index is -4.53. The van der Waals surface area contributed by atoms with E-state index in [0.29, 0.717) is 0 Å². The van der Waals surface area contributed by atoms with Gasteiger partial charge in [-0.25, -0.2) is 0 Å². The zero-order chi connectivity index (χ0) is 13.2. The zero-order valence-corrected chi connectivity index (χ0v) is 9.81. The summed E-state index contributed by atoms with van der Waals surface area (Å²) in [5.41, 5.74) is -0.764. The first-order valence-electron chi connectivity index (χ1n) is 5.10. The van der Waals surface area contributed by atoms with Gasteiger partial charge in [-0.2, -0.15) is 13.2 Å². The molecule has 0 atom stereocenters. The van der Waals surface area contributed by atoms with Crippen LogP contribution in [0.3, 0.4) is 0 Å². The van der Waals surface area contributed by atoms with Crippen molar-refractivity contribution in [1.29, 1.82) is 0 Å². The van der Waals surface area contributed by atoms with Crippen molar-refractivity contribution in [1.82, 2.24) is 0 Å². The van der Waals surface area contributed by atoms with E-state index in [2.05, 4.69) is 0 Å². The Kier molecular flexibility index (Phi) is 3.80. The van der Waals surface area contributed by atoms with E-state index < -0.39 is 11.7 Å². The summed E-state index contributed by atoms with van der Waals surface area (Å²) in [4.78, 5) is 11.3. The van der Waals surface area contributed by atoms with Gasteiger partial charge in [0.05, 0.1) is 7.11 Å². The van der Waals surface area contributed by atoms with Crippen LogP contribution < -0.4 is 4.74 Å². The van der Waals surface area contributed by atoms with E-state index in [0.717, 1.165) is 0 Å². The van der Waals surface area contributed by atoms with Crippen LogP contribution in [0.1, 0.15) is 35.3 Å². The van der Waals surface area contributed by atoms with Crippen LogP contribution in [0.4, 0.5) is 13.2 Å². The second kappa shape index (κ2) is 4.77. The van der Waals surface area contributed by atoms with Crippen LogP contribution in [0.2, 0.25) is 0 Å². The normalized spacial score (nSPS) is 11.4. The van der Waals surface area contributed by atoms with Crippen molar-refractivity contribution < 1.29 is 22.7 Å². The number of carbonyl (C=O) groups excluding carboxylic acids is 1. The molecule has 0 saturated carbocycles. The Morgan fingerprint density at radius 1 is 1.35 bits per heavy atom. The monoisotopic (exact) mass is 246 g/mol. The Balaban J connectivity index is 3.61. The lowest BCUT2D eigenvalue weighted by Gasteiger charge is -2.18. The Hall–Kier alpha value is -1.52. The average Bonchev–Trinajstić information content (AvgIpc) is 2.25. The molecule has 0 saturated heterocycles. The number of Topliss-reactive ketones (excluding diaryl/α,β-unsaturated/α-hetero) is 1. The Labute approximate surface area is 97.4 Å². The summed E-state index contributed by atoms with van der Waals surface area (Å²) in [6.45, 7) is 2.83. The number of hydrogen-bond donors (Lipinski definition) is 0. The molecule has 0 aromatic heterocycles. The highest BCUT2D eigenvalue weighted by atomic mass is 19.4. The van der Waals surface area contributed by atoms with Crippen LogP contribution in [-0.4, -0.2) is 12.9 Å². The topological polar surface area (TPSA) is 26.3 Å². The van der Waals surface area contributed by atoms with Crippen molar-refractivity contribution in [2.45, 2.75) is 26.4 Å². The number of benzene rings is 1. The lowest BCUT2D eigenvalue weighted by molar-refractivity contribution is -0.139. The second-order valence-electron chi connectivity index (χ2n) is 3.58. The summed E-state index contributed by atoms with van der Waals surface area (Å²) in [7, 11) is 1.18. The van der Waals surface area contributed by atoms with Crippen LogP contribution in [0.15, 0.2) is 12.1 Å². The Morgan fingerprint density at radius 2 is 1.94 bits per heavy atom. The van der Waals surface area contributed by atoms with Crippen LogP contribution in [0.5, 0.6) is 5.75 Å². The highest BCUT2D eigenvalue weighted by molar-refractivity contribution is 5.96. The van der Waals surface area contributed by atoms with E-state index in [1.807, 2.05) is 0 Å². The minimum Gasteiger partial charge on any atom is -0.496 e. The van der Waals surface area contributed by atoms with E-state index >= 15 is 0 Å². The molecule has 0 heterocycles. The maximum absolute atomic E-state index is 12.9. The fourth-order valence-electron chi connectivity index (χ4n) is 1.80. The molecule has 94 valence electrons. The number of carbonyl (C=O) groups is 1. The summed E-state index contributed by atoms with van der Waals surface area (Å²) in [5.74, 6) is -0.630. The van der Waals surface area contributed by atoms with Crippen LogP contribution in [0, 0.1) is 0 Å². The predicted octanol–water partition coefficient (Wildman–Crippen LogP) is 3.48. The number of ketones is 1. The fourth-order valence-corrected chi connectivity index (χ4v) is 1.80. The molecular weight excluding hydrogens is 233 g/mol. The molecule has 0 aliphatic heterocycles. The molecule has 1 rings (SSSR count). The molecule has 0 aliphatic rings. The summed E-state index contributed by atoms with van der Waals surface area (Å²) >= 11 is 0. The summed E-state index contributed by atoms with van der Waals surface area (Å²) in [6, 6.07) is 2.55. The molecule has 0 fully saturated rings. The van der Waals surface area contributed by atoms with Crippen LogP contribution in [-0.2, 0) is 12.6 Å². The van der Waals surface area contributed by atoms with Gasteiger partial charge in [-0.3, -0.25) is 4.79 Å². The second-order valence-corrected chi connectivity index (χ2v) is 3.58. The van der Waals surface area contributed by atoms with Crippen molar-refractivity contribution in [2.24, 2.45) is 0 Å². The third-order valence-corrected chi connectivity index (χ3v) is 2.51. The first-order chi connectivity index (χ1) is 7.82. The maximum Gasteiger partial charge on any atom is 0.420 e. The number of rotatable bonds is 3. The lowest BCUT2D eigenvalue weighted by Crippen LogP contribution is -2.14. The predicted molar refractivity (Wildman–Crippen MR) is 57.4 cm³/mol. The molecule has 0 aliphatic carbocycles. The molecular formula is C12H13F3O2. The van der Waals surface area contributed by atoms with Gasteiger partial charge in [0, 0.05) is 5.56 Å². The van der Waals surface area contributed by atoms with Crippen molar-refractivity contribution >= 4 is 5.78 Å². The van der Waals surface area contributed by atoms with Gasteiger partial charge in [0.1, 0.15) is 11.3 Å². The summed E-state index contributed by atoms with van der Waals surface area (Å²) < 4.78 is 43.5. The number of alkyl halides is 3. The van der Waals surface area contributed by atoms with Gasteiger partial charge in [0.25, 0.3) is 0 Å². The third kappa shape index (κ3) is 2.60. The van der Waals surface area contributed by atoms with Gasteiger partial charge >= 0.3 is 6.18 Å². The zero-order valence-electron chi connectivity index (χ0n) is 9.81. The molecule has 5 heteroatoms. The number of hydrogen-bond acceptors (Lipinski definition) is 2. The van der Waals surface area contributed by atoms with Crippen molar-refractivity contribution in [3.63, 3.8) is 0 Å². The quantitative estimate of drug-likeness (QED) is 0.763. The van der Waals surface area contributed by atoms with E-state index in [-0.39, 0.29) is 29.1 Å². The maximum atomic E-state index is 12.9. The average molecular weight is 246 g/mol. The smallest absolute Gasteiger partial charge is 0.420 e. The van der Waals surface area contributed by atoms with Crippen molar-refractivity contribution in [3.05, 3.63) is 28.8 Å². The van der Waals surface area contributed by atoms with E-state index in [4.69, 9.17) is 4.74 Å². The highest BCUT2D eigenvalue weighted by Gasteiger charge is 2.38. The van der Waals surface area contributed by atoms with Gasteiger partial charge in [-0.15, -0.1) is 0 Å². The van der Waals surface area contributed by atoms with E-state index in [1.165, 1.54) is 26.2 Å². The molecule has 0 unspecified atom stereocenters. The first-order valence-corrected chi connectivity index (χ1v) is 5.10. The van der Waals surface area contributed by atoms with Gasteiger partial charge in [-0.1, -0.05) is 6.92 Å². The summed E-state index contributed by atoms with van der Waals surface area (Å²) in [5, 5.41) is 0. The molecule has 0 spiro atoms. The molecule has 17 heavy (non-hydrogen) atoms. The Morgan fingerprint density at radius 3 is 2.29 bits per heavy atom. The lowest BCUT2D eigenvalue weighted by atomic mass is 9.95. The van der Waals surface area contributed by atoms with E-state index in [1.54, 1.807) is 6.92 Å². The van der Waals surface area contributed by atoms with Crippen molar-refractivity contribution in [2.75, 3.05) is 7.11 Å². The van der Waals surface area contributed by atoms with Crippen molar-refractivity contribution in [3.8, 4) is 5.75 Å². The largest absolute Gasteiger partial charge is 0.496 e. The first kappa shape index (κ1) is 13.5. The van der Waals surface area contributed by atoms with Gasteiger partial charge < -0.3 is 4.74 Å². The highest BCUT2D eigenvalue weighted by Crippen LogP contribution is 2.40. The number of ether oxygens (including phenoxy) is 1. The molecule has 0 amide bonds. The molecule has 0 bridgehead atoms. The van der Waals surface area contributed by atoms with Crippen LogP contribution in [0.25, 0.3) is 0 Å². The third-order valence-electron chi connectivity index (χ3n) is 2.51. The van der Waals surface area contributed by atoms with Crippen LogP contribution >= 0.6 is 0 Å². The molecule has 1 aromatic rings. The number of methoxy groups -OCH3 is 1. The molecule has 2 nitrogen and oxygen atoms in total. The van der Waals surface area contributed by atoms with E-state index in [9.17, 15) is 18.0 Å². The van der Waals surface area contributed by atoms with Gasteiger partial charge in [-0.05, 0) is 31.0 Å². The SMILES string of the molecule is CCc1c(C(C)=O)ccc(OC)c1C(F)(F)F. The standard InChI is InChI=1S/C12H13F3O2/c1-4-8-9(7(2)16)5-6-10(17-3)11(8)12(13,14)15/h5-6H,4H2,1-3H3. The van der Waals surface area contributed by atoms with Gasteiger partial charge in [0.2, 0.25) is 0 Å². The fraction of sp³-hybridized carbons (Fsp3) is 0.417.